The second kappa shape index (κ2) is 14.2. The van der Waals surface area contributed by atoms with Gasteiger partial charge in [-0.2, -0.15) is 0 Å². The molecule has 0 aliphatic carbocycles. The van der Waals surface area contributed by atoms with E-state index >= 15 is 0 Å². The normalized spacial score (nSPS) is 16.8. The maximum absolute atomic E-state index is 13.1. The van der Waals surface area contributed by atoms with Crippen molar-refractivity contribution in [2.45, 2.75) is 45.1 Å². The number of nitrogens with two attached hydrogens (primary N) is 1. The van der Waals surface area contributed by atoms with Gasteiger partial charge in [-0.25, -0.2) is 22.5 Å². The summed E-state index contributed by atoms with van der Waals surface area (Å²) in [6.07, 6.45) is 0. The molecule has 226 valence electrons. The molecule has 3 rings (SSSR count). The van der Waals surface area contributed by atoms with Crippen LogP contribution in [0.4, 0.5) is 10.8 Å². The minimum Gasteiger partial charge on any atom is -0.731 e. The third-order valence-electron chi connectivity index (χ3n) is 5.51. The molecule has 2 atom stereocenters. The second-order valence-corrected chi connectivity index (χ2v) is 11.2. The molecule has 1 aromatic heterocycles. The van der Waals surface area contributed by atoms with Crippen molar-refractivity contribution in [1.29, 1.82) is 0 Å². The van der Waals surface area contributed by atoms with Gasteiger partial charge in [-0.1, -0.05) is 5.16 Å². The van der Waals surface area contributed by atoms with E-state index in [0.29, 0.717) is 5.56 Å². The van der Waals surface area contributed by atoms with Crippen LogP contribution in [-0.4, -0.2) is 80.9 Å². The molecule has 0 bridgehead atoms. The molecule has 0 unspecified atom stereocenters. The Kier molecular flexibility index (Phi) is 11.7. The van der Waals surface area contributed by atoms with Crippen molar-refractivity contribution < 1.29 is 80.9 Å². The Balaban J connectivity index is 0.00000645. The summed E-state index contributed by atoms with van der Waals surface area (Å²) in [5, 5.41) is 18.0. The van der Waals surface area contributed by atoms with Gasteiger partial charge in [-0.3, -0.25) is 24.5 Å². The first-order valence-corrected chi connectivity index (χ1v) is 13.9. The van der Waals surface area contributed by atoms with Crippen molar-refractivity contribution in [2.24, 2.45) is 5.16 Å². The van der Waals surface area contributed by atoms with Crippen molar-refractivity contribution in [3.63, 3.8) is 0 Å². The quantitative estimate of drug-likeness (QED) is 0.0431. The van der Waals surface area contributed by atoms with E-state index in [-0.39, 0.29) is 57.0 Å². The molecule has 0 radical (unpaired) electrons. The van der Waals surface area contributed by atoms with Crippen LogP contribution in [-0.2, 0) is 50.4 Å². The number of β-lactam (4-membered cyclic amide) rings is 1. The third kappa shape index (κ3) is 8.91. The van der Waals surface area contributed by atoms with Crippen LogP contribution in [0.2, 0.25) is 0 Å². The maximum atomic E-state index is 13.1. The first-order valence-electron chi connectivity index (χ1n) is 11.6. The Morgan fingerprint density at radius 2 is 1.86 bits per heavy atom. The number of esters is 2. The van der Waals surface area contributed by atoms with Crippen LogP contribution in [0.15, 0.2) is 34.8 Å². The number of rotatable bonds is 12. The molecule has 3 N–H and O–H groups in total. The van der Waals surface area contributed by atoms with Crippen LogP contribution < -0.4 is 40.6 Å². The molecule has 0 saturated carbocycles. The van der Waals surface area contributed by atoms with Gasteiger partial charge in [0.1, 0.15) is 31.0 Å². The minimum atomic E-state index is -5.29. The van der Waals surface area contributed by atoms with E-state index in [1.54, 1.807) is 0 Å². The number of nitro benzene ring substituents is 1. The van der Waals surface area contributed by atoms with Gasteiger partial charge in [0.25, 0.3) is 17.5 Å². The van der Waals surface area contributed by atoms with E-state index in [9.17, 15) is 42.3 Å². The van der Waals surface area contributed by atoms with Crippen molar-refractivity contribution >= 4 is 61.9 Å². The Labute approximate surface area is 269 Å². The summed E-state index contributed by atoms with van der Waals surface area (Å²) >= 11 is 0.916. The van der Waals surface area contributed by atoms with Crippen LogP contribution in [0.5, 0.6) is 0 Å². The maximum Gasteiger partial charge on any atom is 1.00 e. The zero-order chi connectivity index (χ0) is 31.4. The molecule has 1 aliphatic rings. The first kappa shape index (κ1) is 35.5. The summed E-state index contributed by atoms with van der Waals surface area (Å²) in [6.45, 7) is 2.56. The molecule has 2 heterocycles. The van der Waals surface area contributed by atoms with Gasteiger partial charge in [-0.15, -0.1) is 11.3 Å². The standard InChI is InChI=1S/C22H24N6O12S2.Na/c1-11(29)38-9-15-17(19(31)27(15)42(35,36)37)25-18(30)16(14-10-41-21(23)24-14)26-40-22(2,3)20(32)39-8-12-4-6-13(7-5-12)28(33)34;/h4-7,10,15,17H,8-9H2,1-3H3,(H2,23,24)(H,25,30)(H,35,36,37);/q;+1/p-1/t15-,17+;/m1./s1. The predicted octanol–water partition coefficient (Wildman–Crippen LogP) is -3.40. The minimum absolute atomic E-state index is 0. The molecule has 1 aliphatic heterocycles. The fraction of sp³-hybridized carbons (Fsp3) is 0.364. The molecule has 18 nitrogen and oxygen atoms in total. The molecule has 43 heavy (non-hydrogen) atoms. The van der Waals surface area contributed by atoms with Crippen LogP contribution in [0.3, 0.4) is 0 Å². The van der Waals surface area contributed by atoms with Crippen molar-refractivity contribution in [2.75, 3.05) is 12.3 Å². The number of nitrogens with one attached hydrogen (secondary N) is 1. The van der Waals surface area contributed by atoms with Crippen molar-refractivity contribution in [3.8, 4) is 0 Å². The average Bonchev–Trinajstić information content (AvgIpc) is 3.32. The number of benzene rings is 1. The first-order chi connectivity index (χ1) is 19.5. The molecular formula is C22H23N6NaO12S2. The SMILES string of the molecule is CC(=O)OC[C@@H]1[C@H](NC(=O)C(=NOC(C)(C)C(=O)OCc2ccc([N+](=O)[O-])cc2)c2csc(N)n2)C(=O)N1S(=O)(=O)[O-].[Na+]. The summed E-state index contributed by atoms with van der Waals surface area (Å²) < 4.78 is 44.3. The summed E-state index contributed by atoms with van der Waals surface area (Å²) in [5.74, 6) is -4.19. The number of nitrogens with zero attached hydrogens (tertiary/aromatic N) is 4. The number of nitrogen functional groups attached to an aromatic ring is 1. The Morgan fingerprint density at radius 1 is 1.23 bits per heavy atom. The number of carbonyl (C=O) groups is 4. The Bertz CT molecular complexity index is 1540. The monoisotopic (exact) mass is 650 g/mol. The number of ether oxygens (including phenoxy) is 2. The van der Waals surface area contributed by atoms with Crippen molar-refractivity contribution in [1.82, 2.24) is 14.6 Å². The number of oxime groups is 1. The number of thiazole rings is 1. The zero-order valence-electron chi connectivity index (χ0n) is 23.0. The number of non-ortho nitro benzene ring substituents is 1. The van der Waals surface area contributed by atoms with E-state index in [1.807, 2.05) is 0 Å². The van der Waals surface area contributed by atoms with E-state index < -0.39 is 69.0 Å². The molecular weight excluding hydrogens is 627 g/mol. The number of amides is 2. The Hall–Kier alpha value is -3.69. The van der Waals surface area contributed by atoms with E-state index in [0.717, 1.165) is 18.3 Å². The van der Waals surface area contributed by atoms with Gasteiger partial charge in [0.2, 0.25) is 5.60 Å². The molecule has 21 heteroatoms. The largest absolute Gasteiger partial charge is 1.00 e. The molecule has 0 spiro atoms. The summed E-state index contributed by atoms with van der Waals surface area (Å²) in [7, 11) is -5.29. The van der Waals surface area contributed by atoms with Gasteiger partial charge < -0.3 is 29.9 Å². The molecule has 1 aromatic carbocycles. The van der Waals surface area contributed by atoms with Crippen LogP contribution in [0.1, 0.15) is 32.0 Å². The molecule has 1 saturated heterocycles. The molecule has 2 aromatic rings. The van der Waals surface area contributed by atoms with Gasteiger partial charge >= 0.3 is 41.5 Å². The van der Waals surface area contributed by atoms with Crippen LogP contribution in [0.25, 0.3) is 0 Å². The zero-order valence-corrected chi connectivity index (χ0v) is 26.7. The summed E-state index contributed by atoms with van der Waals surface area (Å²) in [5.41, 5.74) is 3.41. The van der Waals surface area contributed by atoms with Gasteiger partial charge in [0.05, 0.1) is 4.92 Å². The van der Waals surface area contributed by atoms with E-state index in [4.69, 9.17) is 20.0 Å². The van der Waals surface area contributed by atoms with E-state index in [1.165, 1.54) is 43.5 Å². The smallest absolute Gasteiger partial charge is 0.731 e. The summed E-state index contributed by atoms with van der Waals surface area (Å²) in [4.78, 5) is 68.8. The van der Waals surface area contributed by atoms with E-state index in [2.05, 4.69) is 15.5 Å². The van der Waals surface area contributed by atoms with Gasteiger partial charge in [0.15, 0.2) is 21.1 Å². The number of hydrogen-bond acceptors (Lipinski definition) is 16. The topological polar surface area (TPSA) is 263 Å². The van der Waals surface area contributed by atoms with Crippen molar-refractivity contribution in [3.05, 3.63) is 51.0 Å². The number of aromatic nitrogens is 1. The predicted molar refractivity (Wildman–Crippen MR) is 140 cm³/mol. The van der Waals surface area contributed by atoms with Gasteiger partial charge in [0, 0.05) is 24.4 Å². The second-order valence-electron chi connectivity index (χ2n) is 9.02. The van der Waals surface area contributed by atoms with Gasteiger partial charge in [-0.05, 0) is 31.5 Å². The fourth-order valence-electron chi connectivity index (χ4n) is 3.36. The Morgan fingerprint density at radius 3 is 2.37 bits per heavy atom. The average molecular weight is 651 g/mol. The number of anilines is 1. The van der Waals surface area contributed by atoms with Crippen LogP contribution >= 0.6 is 11.3 Å². The number of nitro groups is 1. The van der Waals surface area contributed by atoms with Crippen LogP contribution in [0, 0.1) is 10.1 Å². The fourth-order valence-corrected chi connectivity index (χ4v) is 4.76. The number of hydrogen-bond donors (Lipinski definition) is 2. The molecule has 1 fully saturated rings. The summed E-state index contributed by atoms with van der Waals surface area (Å²) in [6, 6.07) is 2.09. The third-order valence-corrected chi connectivity index (χ3v) is 7.11. The molecule has 2 amide bonds. The number of carbonyl (C=O) groups excluding carboxylic acids is 4.